The fourth-order valence-corrected chi connectivity index (χ4v) is 1.84. The second kappa shape index (κ2) is 5.53. The molecule has 3 N–H and O–H groups in total. The van der Waals surface area contributed by atoms with Crippen molar-refractivity contribution in [1.29, 1.82) is 0 Å². The molecule has 1 amide bonds. The molecule has 1 saturated heterocycles. The van der Waals surface area contributed by atoms with Gasteiger partial charge in [-0.25, -0.2) is 4.79 Å². The Bertz CT molecular complexity index is 442. The van der Waals surface area contributed by atoms with E-state index in [0.29, 0.717) is 24.2 Å². The zero-order valence-electron chi connectivity index (χ0n) is 10.0. The lowest BCUT2D eigenvalue weighted by Crippen LogP contribution is -2.36. The van der Waals surface area contributed by atoms with E-state index < -0.39 is 12.1 Å². The van der Waals surface area contributed by atoms with E-state index in [9.17, 15) is 9.59 Å². The monoisotopic (exact) mass is 248 g/mol. The number of nitrogen functional groups attached to an aromatic ring is 1. The number of carbonyl (C=O) groups excluding carboxylic acids is 2. The van der Waals surface area contributed by atoms with Gasteiger partial charge in [0.15, 0.2) is 6.10 Å². The van der Waals surface area contributed by atoms with Crippen molar-refractivity contribution in [3.63, 3.8) is 0 Å². The molecule has 1 aliphatic heterocycles. The van der Waals surface area contributed by atoms with Crippen molar-refractivity contribution in [1.82, 2.24) is 5.32 Å². The molecule has 1 aromatic carbocycles. The molecule has 0 radical (unpaired) electrons. The van der Waals surface area contributed by atoms with E-state index in [0.717, 1.165) is 12.8 Å². The van der Waals surface area contributed by atoms with E-state index in [1.54, 1.807) is 24.3 Å². The molecule has 5 nitrogen and oxygen atoms in total. The zero-order valence-corrected chi connectivity index (χ0v) is 10.0. The van der Waals surface area contributed by atoms with Crippen molar-refractivity contribution < 1.29 is 14.3 Å². The van der Waals surface area contributed by atoms with Crippen LogP contribution < -0.4 is 11.1 Å². The number of amides is 1. The normalized spacial score (nSPS) is 19.8. The number of carbonyl (C=O) groups is 2. The zero-order chi connectivity index (χ0) is 13.0. The van der Waals surface area contributed by atoms with Gasteiger partial charge in [0.2, 0.25) is 0 Å². The molecule has 18 heavy (non-hydrogen) atoms. The Labute approximate surface area is 105 Å². The smallest absolute Gasteiger partial charge is 0.338 e. The van der Waals surface area contributed by atoms with E-state index in [4.69, 9.17) is 10.5 Å². The van der Waals surface area contributed by atoms with E-state index in [2.05, 4.69) is 5.32 Å². The molecule has 0 aromatic heterocycles. The van der Waals surface area contributed by atoms with Crippen LogP contribution >= 0.6 is 0 Å². The molecule has 1 atom stereocenters. The molecule has 0 bridgehead atoms. The molecule has 2 rings (SSSR count). The second-order valence-corrected chi connectivity index (χ2v) is 4.30. The van der Waals surface area contributed by atoms with Gasteiger partial charge in [-0.05, 0) is 43.5 Å². The predicted molar refractivity (Wildman–Crippen MR) is 66.9 cm³/mol. The summed E-state index contributed by atoms with van der Waals surface area (Å²) in [5.74, 6) is -0.701. The first-order valence-corrected chi connectivity index (χ1v) is 6.01. The molecule has 1 aromatic rings. The number of rotatable bonds is 2. The number of ether oxygens (including phenoxy) is 1. The summed E-state index contributed by atoms with van der Waals surface area (Å²) in [6.07, 6.45) is 1.68. The van der Waals surface area contributed by atoms with Gasteiger partial charge in [0.05, 0.1) is 5.56 Å². The molecular weight excluding hydrogens is 232 g/mol. The van der Waals surface area contributed by atoms with E-state index >= 15 is 0 Å². The molecule has 1 heterocycles. The Morgan fingerprint density at radius 3 is 2.72 bits per heavy atom. The van der Waals surface area contributed by atoms with Gasteiger partial charge in [0.1, 0.15) is 0 Å². The number of hydrogen-bond donors (Lipinski definition) is 2. The number of nitrogens with two attached hydrogens (primary N) is 1. The molecule has 1 fully saturated rings. The van der Waals surface area contributed by atoms with Crippen LogP contribution in [-0.2, 0) is 9.53 Å². The molecule has 96 valence electrons. The minimum Gasteiger partial charge on any atom is -0.449 e. The summed E-state index contributed by atoms with van der Waals surface area (Å²) in [4.78, 5) is 23.5. The highest BCUT2D eigenvalue weighted by atomic mass is 16.5. The molecule has 0 saturated carbocycles. The average Bonchev–Trinajstić information content (AvgIpc) is 2.56. The van der Waals surface area contributed by atoms with Crippen molar-refractivity contribution in [2.24, 2.45) is 0 Å². The van der Waals surface area contributed by atoms with Crippen LogP contribution in [-0.4, -0.2) is 24.5 Å². The van der Waals surface area contributed by atoms with Crippen LogP contribution in [0.2, 0.25) is 0 Å². The van der Waals surface area contributed by atoms with Crippen LogP contribution in [0, 0.1) is 0 Å². The minimum absolute atomic E-state index is 0.212. The molecule has 0 spiro atoms. The summed E-state index contributed by atoms with van der Waals surface area (Å²) in [5.41, 5.74) is 6.52. The van der Waals surface area contributed by atoms with E-state index in [1.807, 2.05) is 0 Å². The lowest BCUT2D eigenvalue weighted by Gasteiger charge is -2.14. The van der Waals surface area contributed by atoms with Crippen LogP contribution in [0.15, 0.2) is 24.3 Å². The Morgan fingerprint density at radius 1 is 1.28 bits per heavy atom. The van der Waals surface area contributed by atoms with Gasteiger partial charge in [0, 0.05) is 12.2 Å². The van der Waals surface area contributed by atoms with Gasteiger partial charge in [-0.1, -0.05) is 0 Å². The number of nitrogens with one attached hydrogen (secondary N) is 1. The Hall–Kier alpha value is -2.04. The third kappa shape index (κ3) is 3.00. The third-order valence-corrected chi connectivity index (χ3v) is 2.88. The van der Waals surface area contributed by atoms with Crippen LogP contribution in [0.5, 0.6) is 0 Å². The van der Waals surface area contributed by atoms with E-state index in [1.165, 1.54) is 0 Å². The molecule has 1 aliphatic rings. The van der Waals surface area contributed by atoms with Gasteiger partial charge in [-0.2, -0.15) is 0 Å². The number of anilines is 1. The van der Waals surface area contributed by atoms with Gasteiger partial charge >= 0.3 is 5.97 Å². The Kier molecular flexibility index (Phi) is 3.82. The van der Waals surface area contributed by atoms with Crippen molar-refractivity contribution in [2.75, 3.05) is 12.3 Å². The van der Waals surface area contributed by atoms with Crippen LogP contribution in [0.4, 0.5) is 5.69 Å². The number of benzene rings is 1. The highest BCUT2D eigenvalue weighted by Crippen LogP contribution is 2.13. The highest BCUT2D eigenvalue weighted by molar-refractivity contribution is 5.92. The van der Waals surface area contributed by atoms with Crippen molar-refractivity contribution in [3.05, 3.63) is 29.8 Å². The van der Waals surface area contributed by atoms with E-state index in [-0.39, 0.29) is 5.91 Å². The minimum atomic E-state index is -0.683. The largest absolute Gasteiger partial charge is 0.449 e. The summed E-state index contributed by atoms with van der Waals surface area (Å²) in [6.45, 7) is 0.648. The highest BCUT2D eigenvalue weighted by Gasteiger charge is 2.24. The SMILES string of the molecule is Nc1ccc(C(=O)OC2CCCCNC2=O)cc1. The first-order chi connectivity index (χ1) is 8.66. The summed E-state index contributed by atoms with van der Waals surface area (Å²) in [7, 11) is 0. The number of hydrogen-bond acceptors (Lipinski definition) is 4. The maximum absolute atomic E-state index is 11.8. The van der Waals surface area contributed by atoms with Crippen molar-refractivity contribution in [3.8, 4) is 0 Å². The summed E-state index contributed by atoms with van der Waals surface area (Å²) in [6, 6.07) is 6.44. The van der Waals surface area contributed by atoms with Crippen LogP contribution in [0.1, 0.15) is 29.6 Å². The fourth-order valence-electron chi connectivity index (χ4n) is 1.84. The lowest BCUT2D eigenvalue weighted by atomic mass is 10.1. The summed E-state index contributed by atoms with van der Waals surface area (Å²) in [5, 5.41) is 2.72. The average molecular weight is 248 g/mol. The maximum Gasteiger partial charge on any atom is 0.338 e. The van der Waals surface area contributed by atoms with Gasteiger partial charge in [0.25, 0.3) is 5.91 Å². The molecular formula is C13H16N2O3. The standard InChI is InChI=1S/C13H16N2O3/c14-10-6-4-9(5-7-10)13(17)18-11-3-1-2-8-15-12(11)16/h4-7,11H,1-3,8,14H2,(H,15,16). The Morgan fingerprint density at radius 2 is 2.00 bits per heavy atom. The van der Waals surface area contributed by atoms with Crippen molar-refractivity contribution >= 4 is 17.6 Å². The van der Waals surface area contributed by atoms with Crippen LogP contribution in [0.25, 0.3) is 0 Å². The van der Waals surface area contributed by atoms with Crippen molar-refractivity contribution in [2.45, 2.75) is 25.4 Å². The van der Waals surface area contributed by atoms with Gasteiger partial charge in [-0.3, -0.25) is 4.79 Å². The predicted octanol–water partition coefficient (Wildman–Crippen LogP) is 1.09. The summed E-state index contributed by atoms with van der Waals surface area (Å²) >= 11 is 0. The van der Waals surface area contributed by atoms with Gasteiger partial charge in [-0.15, -0.1) is 0 Å². The molecule has 0 aliphatic carbocycles. The quantitative estimate of drug-likeness (QED) is 0.606. The first kappa shape index (κ1) is 12.4. The lowest BCUT2D eigenvalue weighted by molar-refractivity contribution is -0.129. The van der Waals surface area contributed by atoms with Gasteiger partial charge < -0.3 is 15.8 Å². The fraction of sp³-hybridized carbons (Fsp3) is 0.385. The Balaban J connectivity index is 2.01. The summed E-state index contributed by atoms with van der Waals surface area (Å²) < 4.78 is 5.22. The number of esters is 1. The second-order valence-electron chi connectivity index (χ2n) is 4.30. The first-order valence-electron chi connectivity index (χ1n) is 6.01. The topological polar surface area (TPSA) is 81.4 Å². The molecule has 1 unspecified atom stereocenters. The van der Waals surface area contributed by atoms with Crippen LogP contribution in [0.3, 0.4) is 0 Å². The maximum atomic E-state index is 11.8. The third-order valence-electron chi connectivity index (χ3n) is 2.88. The molecule has 5 heteroatoms.